The van der Waals surface area contributed by atoms with E-state index in [4.69, 9.17) is 4.74 Å². The van der Waals surface area contributed by atoms with Crippen LogP contribution in [0.3, 0.4) is 0 Å². The van der Waals surface area contributed by atoms with Crippen LogP contribution in [0.2, 0.25) is 0 Å². The zero-order valence-corrected chi connectivity index (χ0v) is 12.1. The Balaban J connectivity index is 1.98. The quantitative estimate of drug-likeness (QED) is 0.693. The number of ether oxygens (including phenoxy) is 1. The Morgan fingerprint density at radius 1 is 1.47 bits per heavy atom. The topological polar surface area (TPSA) is 37.4 Å². The number of pyridine rings is 1. The second-order valence-corrected chi connectivity index (χ2v) is 5.12. The first-order valence-corrected chi connectivity index (χ1v) is 7.26. The van der Waals surface area contributed by atoms with Crippen molar-refractivity contribution < 1.29 is 4.74 Å². The van der Waals surface area contributed by atoms with Gasteiger partial charge in [-0.25, -0.2) is 4.98 Å². The Hall–Kier alpha value is -1.13. The summed E-state index contributed by atoms with van der Waals surface area (Å²) < 4.78 is 5.20. The molecule has 1 fully saturated rings. The molecule has 0 radical (unpaired) electrons. The molecule has 0 aromatic carbocycles. The van der Waals surface area contributed by atoms with Crippen molar-refractivity contribution in [2.75, 3.05) is 31.7 Å². The molecule has 4 heteroatoms. The molecule has 1 aromatic rings. The van der Waals surface area contributed by atoms with Crippen molar-refractivity contribution in [2.45, 2.75) is 38.8 Å². The second kappa shape index (κ2) is 7.46. The van der Waals surface area contributed by atoms with E-state index >= 15 is 0 Å². The first-order chi connectivity index (χ1) is 9.35. The van der Waals surface area contributed by atoms with E-state index in [9.17, 15) is 0 Å². The Bertz CT molecular complexity index is 379. The Labute approximate surface area is 116 Å². The number of nitrogens with one attached hydrogen (secondary N) is 1. The van der Waals surface area contributed by atoms with Crippen molar-refractivity contribution in [3.8, 4) is 0 Å². The zero-order chi connectivity index (χ0) is 13.5. The van der Waals surface area contributed by atoms with E-state index in [1.807, 2.05) is 6.20 Å². The van der Waals surface area contributed by atoms with E-state index in [1.165, 1.54) is 24.8 Å². The maximum Gasteiger partial charge on any atom is 0.129 e. The molecular weight excluding hydrogens is 238 g/mol. The lowest BCUT2D eigenvalue weighted by Crippen LogP contribution is -2.30. The average Bonchev–Trinajstić information content (AvgIpc) is 3.25. The molecule has 106 valence electrons. The van der Waals surface area contributed by atoms with Crippen molar-refractivity contribution >= 4 is 5.82 Å². The van der Waals surface area contributed by atoms with E-state index in [-0.39, 0.29) is 0 Å². The summed E-state index contributed by atoms with van der Waals surface area (Å²) in [5, 5.41) is 3.43. The van der Waals surface area contributed by atoms with Crippen molar-refractivity contribution in [1.29, 1.82) is 0 Å². The summed E-state index contributed by atoms with van der Waals surface area (Å²) in [6, 6.07) is 4.96. The molecule has 1 heterocycles. The minimum absolute atomic E-state index is 0.668. The monoisotopic (exact) mass is 263 g/mol. The van der Waals surface area contributed by atoms with E-state index in [2.05, 4.69) is 34.3 Å². The fraction of sp³-hybridized carbons (Fsp3) is 0.667. The van der Waals surface area contributed by atoms with E-state index < -0.39 is 0 Å². The van der Waals surface area contributed by atoms with Gasteiger partial charge in [-0.1, -0.05) is 6.92 Å². The summed E-state index contributed by atoms with van der Waals surface area (Å²) in [5.41, 5.74) is 1.31. The molecule has 19 heavy (non-hydrogen) atoms. The minimum Gasteiger partial charge on any atom is -0.383 e. The zero-order valence-electron chi connectivity index (χ0n) is 12.1. The van der Waals surface area contributed by atoms with E-state index in [1.54, 1.807) is 7.11 Å². The van der Waals surface area contributed by atoms with Crippen LogP contribution in [0.1, 0.15) is 31.7 Å². The van der Waals surface area contributed by atoms with Crippen LogP contribution in [-0.2, 0) is 11.3 Å². The van der Waals surface area contributed by atoms with Crippen LogP contribution in [0, 0.1) is 0 Å². The van der Waals surface area contributed by atoms with Gasteiger partial charge in [-0.15, -0.1) is 0 Å². The third kappa shape index (κ3) is 4.48. The first kappa shape index (κ1) is 14.3. The molecule has 0 aliphatic heterocycles. The molecule has 2 rings (SSSR count). The Morgan fingerprint density at radius 2 is 2.32 bits per heavy atom. The first-order valence-electron chi connectivity index (χ1n) is 7.26. The summed E-state index contributed by atoms with van der Waals surface area (Å²) in [5.74, 6) is 1.09. The molecule has 1 N–H and O–H groups in total. The Morgan fingerprint density at radius 3 is 3.00 bits per heavy atom. The van der Waals surface area contributed by atoms with Crippen molar-refractivity contribution in [3.63, 3.8) is 0 Å². The number of methoxy groups -OCH3 is 1. The number of hydrogen-bond donors (Lipinski definition) is 1. The van der Waals surface area contributed by atoms with Crippen LogP contribution in [-0.4, -0.2) is 37.8 Å². The third-order valence-corrected chi connectivity index (χ3v) is 3.38. The van der Waals surface area contributed by atoms with Gasteiger partial charge in [0, 0.05) is 32.4 Å². The summed E-state index contributed by atoms with van der Waals surface area (Å²) >= 11 is 0. The fourth-order valence-corrected chi connectivity index (χ4v) is 2.20. The summed E-state index contributed by atoms with van der Waals surface area (Å²) in [7, 11) is 1.75. The van der Waals surface area contributed by atoms with Gasteiger partial charge in [0.05, 0.1) is 6.61 Å². The van der Waals surface area contributed by atoms with Crippen molar-refractivity contribution in [1.82, 2.24) is 10.3 Å². The predicted molar refractivity (Wildman–Crippen MR) is 78.5 cm³/mol. The molecule has 0 spiro atoms. The van der Waals surface area contributed by atoms with Gasteiger partial charge in [0.2, 0.25) is 0 Å². The van der Waals surface area contributed by atoms with Crippen LogP contribution in [0.5, 0.6) is 0 Å². The van der Waals surface area contributed by atoms with E-state index in [0.717, 1.165) is 32.1 Å². The van der Waals surface area contributed by atoms with Crippen molar-refractivity contribution in [3.05, 3.63) is 23.9 Å². The van der Waals surface area contributed by atoms with Crippen LogP contribution in [0.15, 0.2) is 18.3 Å². The summed E-state index contributed by atoms with van der Waals surface area (Å²) in [6.45, 7) is 5.86. The van der Waals surface area contributed by atoms with E-state index in [0.29, 0.717) is 6.04 Å². The van der Waals surface area contributed by atoms with Gasteiger partial charge in [0.1, 0.15) is 5.82 Å². The number of anilines is 1. The number of rotatable bonds is 9. The van der Waals surface area contributed by atoms with Crippen molar-refractivity contribution in [2.24, 2.45) is 0 Å². The summed E-state index contributed by atoms with van der Waals surface area (Å²) in [4.78, 5) is 6.91. The van der Waals surface area contributed by atoms with Crippen LogP contribution in [0.25, 0.3) is 0 Å². The molecule has 0 bridgehead atoms. The molecule has 1 aliphatic carbocycles. The van der Waals surface area contributed by atoms with Gasteiger partial charge in [-0.05, 0) is 43.5 Å². The largest absolute Gasteiger partial charge is 0.383 e. The SMILES string of the molecule is CCCNCc1ccnc(N(CCOC)C2CC2)c1. The van der Waals surface area contributed by atoms with Gasteiger partial charge in [0.15, 0.2) is 0 Å². The lowest BCUT2D eigenvalue weighted by Gasteiger charge is -2.23. The highest BCUT2D eigenvalue weighted by molar-refractivity contribution is 5.43. The van der Waals surface area contributed by atoms with Gasteiger partial charge >= 0.3 is 0 Å². The van der Waals surface area contributed by atoms with Crippen LogP contribution in [0.4, 0.5) is 5.82 Å². The standard InChI is InChI=1S/C15H25N3O/c1-3-7-16-12-13-6-8-17-15(11-13)18(9-10-19-2)14-4-5-14/h6,8,11,14,16H,3-5,7,9-10,12H2,1-2H3. The predicted octanol–water partition coefficient (Wildman–Crippen LogP) is 2.20. The minimum atomic E-state index is 0.668. The Kier molecular flexibility index (Phi) is 5.61. The third-order valence-electron chi connectivity index (χ3n) is 3.38. The van der Waals surface area contributed by atoms with Crippen LogP contribution < -0.4 is 10.2 Å². The van der Waals surface area contributed by atoms with Gasteiger partial charge in [0.25, 0.3) is 0 Å². The molecule has 1 saturated carbocycles. The molecule has 0 atom stereocenters. The maximum absolute atomic E-state index is 5.20. The normalized spacial score (nSPS) is 14.6. The molecule has 0 amide bonds. The molecule has 1 aliphatic rings. The number of aromatic nitrogens is 1. The van der Waals surface area contributed by atoms with Gasteiger partial charge < -0.3 is 15.0 Å². The lowest BCUT2D eigenvalue weighted by molar-refractivity contribution is 0.204. The van der Waals surface area contributed by atoms with Gasteiger partial charge in [-0.2, -0.15) is 0 Å². The smallest absolute Gasteiger partial charge is 0.129 e. The summed E-state index contributed by atoms with van der Waals surface area (Å²) in [6.07, 6.45) is 5.65. The molecular formula is C15H25N3O. The highest BCUT2D eigenvalue weighted by atomic mass is 16.5. The lowest BCUT2D eigenvalue weighted by atomic mass is 10.2. The highest BCUT2D eigenvalue weighted by Gasteiger charge is 2.29. The number of hydrogen-bond acceptors (Lipinski definition) is 4. The average molecular weight is 263 g/mol. The number of nitrogens with zero attached hydrogens (tertiary/aromatic N) is 2. The molecule has 4 nitrogen and oxygen atoms in total. The molecule has 0 saturated heterocycles. The van der Waals surface area contributed by atoms with Gasteiger partial charge in [-0.3, -0.25) is 0 Å². The van der Waals surface area contributed by atoms with Crippen LogP contribution >= 0.6 is 0 Å². The molecule has 0 unspecified atom stereocenters. The molecule has 1 aromatic heterocycles. The fourth-order valence-electron chi connectivity index (χ4n) is 2.20. The maximum atomic E-state index is 5.20. The highest BCUT2D eigenvalue weighted by Crippen LogP contribution is 2.30. The second-order valence-electron chi connectivity index (χ2n) is 5.12.